The monoisotopic (exact) mass is 1150 g/mol. The Bertz CT molecular complexity index is 3640. The Morgan fingerprint density at radius 2 is 0.976 bits per heavy atom. The number of para-hydroxylation sites is 2. The van der Waals surface area contributed by atoms with E-state index in [4.69, 9.17) is 18.5 Å². The van der Waals surface area contributed by atoms with E-state index in [2.05, 4.69) is 0 Å². The molecule has 2 aliphatic rings. The summed E-state index contributed by atoms with van der Waals surface area (Å²) in [5, 5.41) is 33.4. The van der Waals surface area contributed by atoms with Crippen LogP contribution in [-0.2, 0) is 27.7 Å². The quantitative estimate of drug-likeness (QED) is 0.0398. The summed E-state index contributed by atoms with van der Waals surface area (Å²) in [5.41, 5.74) is 5.64. The van der Waals surface area contributed by atoms with Crippen LogP contribution in [0.2, 0.25) is 0 Å². The lowest BCUT2D eigenvalue weighted by Gasteiger charge is -2.26. The second kappa shape index (κ2) is 25.2. The SMILES string of the molecule is COP(=O)(OC)c1ccc(-c2ccc([C@@H]3[C@@H](CCC(=O)c4ccc(F)cc4)OC(=O)N3c3ccccc3)c(O)c2)cc1.O=C1O[C@H](CC[C@H](O)c2ccc(F)cc2)[C@@H](c2ccc(-c3ccc(P(=O)(O)O)cc3)cc2O)N1c1ccccc1. The molecule has 0 unspecified atom stereocenters. The Kier molecular flexibility index (Phi) is 18.0. The van der Waals surface area contributed by atoms with Crippen molar-refractivity contribution in [2.45, 2.75) is 56.1 Å². The second-order valence-electron chi connectivity index (χ2n) is 19.3. The first-order valence-corrected chi connectivity index (χ1v) is 29.0. The molecular formula is C62H56F2N2O14P2. The highest BCUT2D eigenvalue weighted by molar-refractivity contribution is 7.62. The van der Waals surface area contributed by atoms with Crippen LogP contribution < -0.4 is 20.4 Å². The molecule has 5 N–H and O–H groups in total. The molecule has 0 saturated carbocycles. The van der Waals surface area contributed by atoms with Gasteiger partial charge in [-0.25, -0.2) is 18.4 Å². The van der Waals surface area contributed by atoms with Gasteiger partial charge in [0.05, 0.1) is 16.7 Å². The van der Waals surface area contributed by atoms with Crippen molar-refractivity contribution >= 4 is 55.1 Å². The van der Waals surface area contributed by atoms with E-state index in [-0.39, 0.29) is 48.3 Å². The van der Waals surface area contributed by atoms with Gasteiger partial charge in [0.25, 0.3) is 0 Å². The van der Waals surface area contributed by atoms with Gasteiger partial charge in [-0.3, -0.25) is 23.7 Å². The van der Waals surface area contributed by atoms with E-state index >= 15 is 0 Å². The molecule has 82 heavy (non-hydrogen) atoms. The summed E-state index contributed by atoms with van der Waals surface area (Å²) in [7, 11) is -5.15. The molecule has 422 valence electrons. The Labute approximate surface area is 471 Å². The minimum Gasteiger partial charge on any atom is -0.508 e. The van der Waals surface area contributed by atoms with Crippen LogP contribution in [-0.4, -0.2) is 69.5 Å². The van der Waals surface area contributed by atoms with Gasteiger partial charge in [0, 0.05) is 48.7 Å². The van der Waals surface area contributed by atoms with Crippen molar-refractivity contribution in [2.24, 2.45) is 0 Å². The first kappa shape index (κ1) is 58.3. The van der Waals surface area contributed by atoms with Crippen molar-refractivity contribution in [3.63, 3.8) is 0 Å². The first-order valence-electron chi connectivity index (χ1n) is 25.8. The molecule has 2 heterocycles. The minimum absolute atomic E-state index is 0.0563. The number of Topliss-reactive ketones (excluding diaryl/α,β-unsaturated/α-hetero) is 1. The molecule has 2 fully saturated rings. The van der Waals surface area contributed by atoms with Crippen LogP contribution in [0.25, 0.3) is 22.3 Å². The molecule has 2 amide bonds. The van der Waals surface area contributed by atoms with E-state index in [1.807, 2.05) is 18.2 Å². The fourth-order valence-electron chi connectivity index (χ4n) is 10.0. The molecule has 2 aliphatic heterocycles. The number of cyclic esters (lactones) is 2. The molecule has 0 aromatic heterocycles. The number of anilines is 2. The molecule has 10 rings (SSSR count). The number of hydrogen-bond donors (Lipinski definition) is 5. The number of halogens is 2. The number of phenolic OH excluding ortho intramolecular Hbond substituents is 2. The number of ketones is 1. The number of aliphatic hydroxyl groups excluding tert-OH is 1. The second-order valence-corrected chi connectivity index (χ2v) is 23.2. The summed E-state index contributed by atoms with van der Waals surface area (Å²) in [6, 6.07) is 50.0. The molecule has 5 atom stereocenters. The maximum Gasteiger partial charge on any atom is 0.415 e. The lowest BCUT2D eigenvalue weighted by atomic mass is 9.92. The van der Waals surface area contributed by atoms with E-state index in [0.717, 1.165) is 5.56 Å². The standard InChI is InChI=1S/C32H29FNO7P.C30H27FNO7P/c1-39-42(38,40-2)26-15-10-21(11-16-26)23-12-17-27(29(36)20-23)31-30(19-18-28(35)22-8-13-24(33)14-9-22)41-32(37)34(31)25-6-4-3-5-7-25;31-22-11-6-20(7-12-22)26(33)16-17-28-29(32(30(35)39-28)23-4-2-1-3-5-23)25-15-10-21(18-27(25)34)19-8-13-24(14-9-19)40(36,37)38/h3-17,20,30-31,36H,18-19H2,1-2H3;1-15,18,26,28-29,33-34H,16-17H2,(H2,36,37,38)/t30-,31-;26-,28+,29+/m10/s1. The van der Waals surface area contributed by atoms with Gasteiger partial charge in [-0.05, 0) is 144 Å². The maximum absolute atomic E-state index is 13.3. The molecule has 0 aliphatic carbocycles. The Morgan fingerprint density at radius 3 is 1.40 bits per heavy atom. The predicted molar refractivity (Wildman–Crippen MR) is 304 cm³/mol. The number of carbonyl (C=O) groups excluding carboxylic acids is 3. The van der Waals surface area contributed by atoms with E-state index in [9.17, 15) is 57.4 Å². The molecular weight excluding hydrogens is 1100 g/mol. The zero-order valence-electron chi connectivity index (χ0n) is 44.1. The van der Waals surface area contributed by atoms with Crippen LogP contribution in [0, 0.1) is 11.6 Å². The third-order valence-electron chi connectivity index (χ3n) is 14.3. The minimum atomic E-state index is -4.38. The summed E-state index contributed by atoms with van der Waals surface area (Å²) >= 11 is 0. The Hall–Kier alpha value is -8.31. The smallest absolute Gasteiger partial charge is 0.415 e. The van der Waals surface area contributed by atoms with Gasteiger partial charge in [0.15, 0.2) is 5.78 Å². The number of ether oxygens (including phenoxy) is 2. The van der Waals surface area contributed by atoms with Crippen molar-refractivity contribution in [3.05, 3.63) is 228 Å². The van der Waals surface area contributed by atoms with E-state index in [1.54, 1.807) is 109 Å². The lowest BCUT2D eigenvalue weighted by Crippen LogP contribution is -2.29. The average molecular weight is 1150 g/mol. The van der Waals surface area contributed by atoms with Crippen molar-refractivity contribution in [1.82, 2.24) is 0 Å². The highest BCUT2D eigenvalue weighted by atomic mass is 31.2. The first-order chi connectivity index (χ1) is 39.3. The molecule has 0 bridgehead atoms. The van der Waals surface area contributed by atoms with Gasteiger partial charge in [-0.2, -0.15) is 0 Å². The summed E-state index contributed by atoms with van der Waals surface area (Å²) in [6.45, 7) is 0. The molecule has 2 saturated heterocycles. The van der Waals surface area contributed by atoms with E-state index in [1.165, 1.54) is 90.7 Å². The molecule has 0 spiro atoms. The van der Waals surface area contributed by atoms with Gasteiger partial charge in [0.1, 0.15) is 47.4 Å². The molecule has 8 aromatic rings. The number of amides is 2. The van der Waals surface area contributed by atoms with Crippen LogP contribution in [0.1, 0.15) is 70.9 Å². The molecule has 20 heteroatoms. The summed E-state index contributed by atoms with van der Waals surface area (Å²) in [5.74, 6) is -1.21. The third-order valence-corrected chi connectivity index (χ3v) is 17.1. The van der Waals surface area contributed by atoms with Gasteiger partial charge >= 0.3 is 27.4 Å². The molecule has 16 nitrogen and oxygen atoms in total. The number of carbonyl (C=O) groups is 3. The number of phenols is 2. The summed E-state index contributed by atoms with van der Waals surface area (Å²) in [6.07, 6.45) is -2.79. The number of aromatic hydroxyl groups is 2. The Morgan fingerprint density at radius 1 is 0.561 bits per heavy atom. The highest BCUT2D eigenvalue weighted by Gasteiger charge is 2.46. The van der Waals surface area contributed by atoms with Gasteiger partial charge in [0.2, 0.25) is 0 Å². The van der Waals surface area contributed by atoms with Crippen molar-refractivity contribution < 1.29 is 75.9 Å². The molecule has 0 radical (unpaired) electrons. The predicted octanol–water partition coefficient (Wildman–Crippen LogP) is 12.6. The third kappa shape index (κ3) is 13.0. The number of aliphatic hydroxyl groups is 1. The van der Waals surface area contributed by atoms with Crippen LogP contribution in [0.3, 0.4) is 0 Å². The number of hydrogen-bond acceptors (Lipinski definition) is 12. The summed E-state index contributed by atoms with van der Waals surface area (Å²) < 4.78 is 72.4. The zero-order valence-corrected chi connectivity index (χ0v) is 45.9. The van der Waals surface area contributed by atoms with Crippen LogP contribution >= 0.6 is 15.2 Å². The van der Waals surface area contributed by atoms with Gasteiger partial charge < -0.3 is 43.6 Å². The normalized spacial score (nSPS) is 17.4. The molecule has 8 aromatic carbocycles. The average Bonchev–Trinajstić information content (AvgIpc) is 4.13. The van der Waals surface area contributed by atoms with Crippen molar-refractivity contribution in [1.29, 1.82) is 0 Å². The lowest BCUT2D eigenvalue weighted by molar-refractivity contribution is 0.0921. The van der Waals surface area contributed by atoms with E-state index in [0.29, 0.717) is 55.6 Å². The number of nitrogens with zero attached hydrogens (tertiary/aromatic N) is 2. The topological polar surface area (TPSA) is 230 Å². The van der Waals surface area contributed by atoms with Gasteiger partial charge in [-0.1, -0.05) is 97.1 Å². The number of benzene rings is 8. The van der Waals surface area contributed by atoms with Crippen molar-refractivity contribution in [3.8, 4) is 33.8 Å². The van der Waals surface area contributed by atoms with Crippen LogP contribution in [0.5, 0.6) is 11.5 Å². The fourth-order valence-corrected chi connectivity index (χ4v) is 11.6. The largest absolute Gasteiger partial charge is 0.508 e. The fraction of sp³-hybridized carbons (Fsp3) is 0.177. The van der Waals surface area contributed by atoms with E-state index < -0.39 is 69.4 Å². The zero-order chi connectivity index (χ0) is 58.3. The van der Waals surface area contributed by atoms with Gasteiger partial charge in [-0.15, -0.1) is 0 Å². The highest BCUT2D eigenvalue weighted by Crippen LogP contribution is 2.47. The van der Waals surface area contributed by atoms with Crippen LogP contribution in [0.15, 0.2) is 194 Å². The maximum atomic E-state index is 13.3. The van der Waals surface area contributed by atoms with Crippen LogP contribution in [0.4, 0.5) is 29.7 Å². The summed E-state index contributed by atoms with van der Waals surface area (Å²) in [4.78, 5) is 60.7. The Balaban J connectivity index is 0.000000198. The van der Waals surface area contributed by atoms with Crippen molar-refractivity contribution in [2.75, 3.05) is 24.0 Å². The number of rotatable bonds is 18.